The number of benzene rings is 1. The number of urea groups is 1. The Morgan fingerprint density at radius 2 is 2.04 bits per heavy atom. The fraction of sp³-hybridized carbons (Fsp3) is 0.333. The number of halogens is 1. The number of hydrogen-bond donors (Lipinski definition) is 1. The van der Waals surface area contributed by atoms with Gasteiger partial charge in [-0.2, -0.15) is 0 Å². The van der Waals surface area contributed by atoms with Gasteiger partial charge in [-0.3, -0.25) is 0 Å². The molecule has 1 aromatic heterocycles. The predicted molar refractivity (Wildman–Crippen MR) is 95.1 cm³/mol. The van der Waals surface area contributed by atoms with E-state index >= 15 is 0 Å². The van der Waals surface area contributed by atoms with Crippen LogP contribution in [0.25, 0.3) is 0 Å². The number of carbonyl (C=O) groups is 1. The summed E-state index contributed by atoms with van der Waals surface area (Å²) in [6.07, 6.45) is 3.41. The summed E-state index contributed by atoms with van der Waals surface area (Å²) in [5.41, 5.74) is 3.01. The van der Waals surface area contributed by atoms with E-state index in [-0.39, 0.29) is 12.1 Å². The van der Waals surface area contributed by atoms with Gasteiger partial charge in [-0.25, -0.2) is 14.7 Å². The highest BCUT2D eigenvalue weighted by atomic mass is 35.5. The third kappa shape index (κ3) is 2.74. The zero-order chi connectivity index (χ0) is 16.7. The zero-order valence-electron chi connectivity index (χ0n) is 13.5. The number of hydrogen-bond acceptors (Lipinski definition) is 3. The van der Waals surface area contributed by atoms with Crippen molar-refractivity contribution in [1.82, 2.24) is 15.2 Å². The molecule has 0 atom stereocenters. The van der Waals surface area contributed by atoms with Gasteiger partial charge in [0.1, 0.15) is 5.82 Å². The van der Waals surface area contributed by atoms with Crippen molar-refractivity contribution in [3.05, 3.63) is 52.7 Å². The standard InChI is InChI=1S/C18H19ClN4O/c1-22-10-15(11-22)21-18(24)23-16-7-6-14(19)9-13(16)5-4-12-3-2-8-20-17(12)23/h2-3,6-9,15H,4-5,10-11H2,1H3,(H,21,24). The average Bonchev–Trinajstić information content (AvgIpc) is 2.70. The Balaban J connectivity index is 1.74. The second kappa shape index (κ2) is 6.07. The molecule has 2 aliphatic heterocycles. The molecule has 0 saturated carbocycles. The molecule has 5 nitrogen and oxygen atoms in total. The molecule has 0 aliphatic carbocycles. The van der Waals surface area contributed by atoms with Crippen LogP contribution in [-0.4, -0.2) is 42.1 Å². The van der Waals surface area contributed by atoms with Gasteiger partial charge in [0.25, 0.3) is 0 Å². The van der Waals surface area contributed by atoms with Gasteiger partial charge < -0.3 is 10.2 Å². The fourth-order valence-corrected chi connectivity index (χ4v) is 3.61. The van der Waals surface area contributed by atoms with E-state index in [4.69, 9.17) is 11.6 Å². The van der Waals surface area contributed by atoms with Crippen LogP contribution >= 0.6 is 11.6 Å². The normalized spacial score (nSPS) is 17.5. The molecule has 0 unspecified atom stereocenters. The summed E-state index contributed by atoms with van der Waals surface area (Å²) in [6.45, 7) is 1.75. The van der Waals surface area contributed by atoms with Crippen LogP contribution in [0, 0.1) is 0 Å². The molecule has 2 aliphatic rings. The number of likely N-dealkylation sites (tertiary alicyclic amines) is 1. The first-order valence-corrected chi connectivity index (χ1v) is 8.51. The van der Waals surface area contributed by atoms with Crippen molar-refractivity contribution in [1.29, 1.82) is 0 Å². The van der Waals surface area contributed by atoms with Crippen LogP contribution in [0.4, 0.5) is 16.3 Å². The van der Waals surface area contributed by atoms with E-state index in [1.165, 1.54) is 0 Å². The van der Waals surface area contributed by atoms with Gasteiger partial charge in [-0.05, 0) is 55.3 Å². The lowest BCUT2D eigenvalue weighted by molar-refractivity contribution is 0.164. The molecule has 24 heavy (non-hydrogen) atoms. The maximum absolute atomic E-state index is 13.0. The third-order valence-electron chi connectivity index (χ3n) is 4.62. The van der Waals surface area contributed by atoms with Crippen LogP contribution in [0.1, 0.15) is 11.1 Å². The molecular formula is C18H19ClN4O. The number of carbonyl (C=O) groups excluding carboxylic acids is 1. The summed E-state index contributed by atoms with van der Waals surface area (Å²) in [6, 6.07) is 9.69. The van der Waals surface area contributed by atoms with Gasteiger partial charge in [0.15, 0.2) is 0 Å². The molecule has 124 valence electrons. The zero-order valence-corrected chi connectivity index (χ0v) is 14.3. The Morgan fingerprint density at radius 3 is 2.83 bits per heavy atom. The molecule has 3 heterocycles. The first-order valence-electron chi connectivity index (χ1n) is 8.13. The Hall–Kier alpha value is -2.11. The SMILES string of the molecule is CN1CC(NC(=O)N2c3ccc(Cl)cc3CCc3cccnc32)C1. The molecule has 0 radical (unpaired) electrons. The number of aryl methyl sites for hydroxylation is 2. The van der Waals surface area contributed by atoms with Gasteiger partial charge in [0.05, 0.1) is 11.7 Å². The molecule has 1 aromatic carbocycles. The number of nitrogens with one attached hydrogen (secondary N) is 1. The quantitative estimate of drug-likeness (QED) is 0.866. The number of anilines is 2. The summed E-state index contributed by atoms with van der Waals surface area (Å²) in [4.78, 5) is 21.4. The number of pyridine rings is 1. The van der Waals surface area contributed by atoms with Crippen LogP contribution in [0.15, 0.2) is 36.5 Å². The number of rotatable bonds is 1. The van der Waals surface area contributed by atoms with Gasteiger partial charge in [0.2, 0.25) is 0 Å². The number of nitrogens with zero attached hydrogens (tertiary/aromatic N) is 3. The first-order chi connectivity index (χ1) is 11.6. The summed E-state index contributed by atoms with van der Waals surface area (Å²) in [5.74, 6) is 0.712. The minimum Gasteiger partial charge on any atom is -0.332 e. The maximum atomic E-state index is 13.0. The summed E-state index contributed by atoms with van der Waals surface area (Å²) >= 11 is 6.16. The van der Waals surface area contributed by atoms with Gasteiger partial charge in [-0.1, -0.05) is 17.7 Å². The second-order valence-corrected chi connectivity index (χ2v) is 6.90. The molecule has 1 N–H and O–H groups in total. The first kappa shape index (κ1) is 15.4. The van der Waals surface area contributed by atoms with Crippen molar-refractivity contribution in [3.63, 3.8) is 0 Å². The highest BCUT2D eigenvalue weighted by molar-refractivity contribution is 6.30. The van der Waals surface area contributed by atoms with Crippen LogP contribution in [0.2, 0.25) is 5.02 Å². The summed E-state index contributed by atoms with van der Waals surface area (Å²) < 4.78 is 0. The van der Waals surface area contributed by atoms with Crippen molar-refractivity contribution in [2.75, 3.05) is 25.0 Å². The summed E-state index contributed by atoms with van der Waals surface area (Å²) in [5, 5.41) is 3.80. The minimum atomic E-state index is -0.126. The molecule has 0 spiro atoms. The maximum Gasteiger partial charge on any atom is 0.328 e. The van der Waals surface area contributed by atoms with E-state index in [1.54, 1.807) is 11.1 Å². The van der Waals surface area contributed by atoms with E-state index < -0.39 is 0 Å². The molecule has 2 amide bonds. The van der Waals surface area contributed by atoms with Crippen molar-refractivity contribution >= 4 is 29.1 Å². The smallest absolute Gasteiger partial charge is 0.328 e. The Labute approximate surface area is 146 Å². The van der Waals surface area contributed by atoms with Crippen molar-refractivity contribution in [2.45, 2.75) is 18.9 Å². The van der Waals surface area contributed by atoms with E-state index in [2.05, 4.69) is 15.2 Å². The lowest BCUT2D eigenvalue weighted by Gasteiger charge is -2.37. The molecule has 1 saturated heterocycles. The van der Waals surface area contributed by atoms with Crippen LogP contribution in [-0.2, 0) is 12.8 Å². The van der Waals surface area contributed by atoms with E-state index in [0.717, 1.165) is 42.7 Å². The Bertz CT molecular complexity index is 788. The molecule has 2 aromatic rings. The predicted octanol–water partition coefficient (Wildman–Crippen LogP) is 3.00. The average molecular weight is 343 g/mol. The number of amides is 2. The number of aromatic nitrogens is 1. The molecule has 1 fully saturated rings. The number of fused-ring (bicyclic) bond motifs is 2. The monoisotopic (exact) mass is 342 g/mol. The Kier molecular flexibility index (Phi) is 3.90. The molecule has 6 heteroatoms. The van der Waals surface area contributed by atoms with E-state index in [9.17, 15) is 4.79 Å². The van der Waals surface area contributed by atoms with Gasteiger partial charge >= 0.3 is 6.03 Å². The third-order valence-corrected chi connectivity index (χ3v) is 4.86. The highest BCUT2D eigenvalue weighted by Gasteiger charge is 2.31. The highest BCUT2D eigenvalue weighted by Crippen LogP contribution is 2.36. The van der Waals surface area contributed by atoms with E-state index in [1.807, 2.05) is 37.4 Å². The topological polar surface area (TPSA) is 48.5 Å². The fourth-order valence-electron chi connectivity index (χ4n) is 3.42. The largest absolute Gasteiger partial charge is 0.332 e. The lowest BCUT2D eigenvalue weighted by atomic mass is 10.1. The number of likely N-dealkylation sites (N-methyl/N-ethyl adjacent to an activating group) is 1. The molecule has 4 rings (SSSR count). The molecule has 0 bridgehead atoms. The lowest BCUT2D eigenvalue weighted by Crippen LogP contribution is -2.59. The van der Waals surface area contributed by atoms with Crippen LogP contribution in [0.3, 0.4) is 0 Å². The van der Waals surface area contributed by atoms with Crippen molar-refractivity contribution < 1.29 is 4.79 Å². The van der Waals surface area contributed by atoms with Crippen molar-refractivity contribution in [2.24, 2.45) is 0 Å². The van der Waals surface area contributed by atoms with Crippen LogP contribution in [0.5, 0.6) is 0 Å². The summed E-state index contributed by atoms with van der Waals surface area (Å²) in [7, 11) is 2.04. The van der Waals surface area contributed by atoms with E-state index in [0.29, 0.717) is 10.8 Å². The Morgan fingerprint density at radius 1 is 1.25 bits per heavy atom. The van der Waals surface area contributed by atoms with Gasteiger partial charge in [0, 0.05) is 24.3 Å². The minimum absolute atomic E-state index is 0.126. The van der Waals surface area contributed by atoms with Crippen molar-refractivity contribution in [3.8, 4) is 0 Å². The molecular weight excluding hydrogens is 324 g/mol. The second-order valence-electron chi connectivity index (χ2n) is 6.46. The van der Waals surface area contributed by atoms with Gasteiger partial charge in [-0.15, -0.1) is 0 Å². The van der Waals surface area contributed by atoms with Crippen LogP contribution < -0.4 is 10.2 Å².